The zero-order chi connectivity index (χ0) is 16.8. The number of hydrogen-bond donors (Lipinski definition) is 1. The largest absolute Gasteiger partial charge is 0.507 e. The second-order valence-electron chi connectivity index (χ2n) is 5.75. The molecular weight excluding hydrogens is 308 g/mol. The summed E-state index contributed by atoms with van der Waals surface area (Å²) >= 11 is 0. The molecule has 0 saturated heterocycles. The Balaban J connectivity index is 1.87. The predicted octanol–water partition coefficient (Wildman–Crippen LogP) is 2.19. The normalized spacial score (nSPS) is 12.0. The number of hydrogen-bond acceptors (Lipinski definition) is 5. The van der Waals surface area contributed by atoms with E-state index in [-0.39, 0.29) is 23.5 Å². The fourth-order valence-electron chi connectivity index (χ4n) is 3.01. The number of pyridine rings is 2. The highest BCUT2D eigenvalue weighted by Gasteiger charge is 2.25. The van der Waals surface area contributed by atoms with Crippen molar-refractivity contribution in [2.75, 3.05) is 0 Å². The molecular formula is C18H14N2O4. The molecule has 2 aromatic heterocycles. The highest BCUT2D eigenvalue weighted by molar-refractivity contribution is 5.84. The van der Waals surface area contributed by atoms with Crippen LogP contribution in [-0.4, -0.2) is 20.6 Å². The van der Waals surface area contributed by atoms with Crippen molar-refractivity contribution in [2.24, 2.45) is 0 Å². The molecule has 24 heavy (non-hydrogen) atoms. The van der Waals surface area contributed by atoms with E-state index in [1.807, 2.05) is 30.3 Å². The molecule has 1 aliphatic heterocycles. The van der Waals surface area contributed by atoms with Crippen molar-refractivity contribution < 1.29 is 14.6 Å². The third kappa shape index (κ3) is 2.15. The molecule has 0 radical (unpaired) electrons. The number of esters is 1. The second-order valence-corrected chi connectivity index (χ2v) is 5.75. The third-order valence-electron chi connectivity index (χ3n) is 4.17. The van der Waals surface area contributed by atoms with Gasteiger partial charge < -0.3 is 14.4 Å². The number of nitrogens with zero attached hydrogens (tertiary/aromatic N) is 2. The van der Waals surface area contributed by atoms with Crippen molar-refractivity contribution in [2.45, 2.75) is 20.1 Å². The van der Waals surface area contributed by atoms with E-state index >= 15 is 0 Å². The summed E-state index contributed by atoms with van der Waals surface area (Å²) < 4.78 is 6.41. The maximum atomic E-state index is 12.6. The number of benzene rings is 1. The van der Waals surface area contributed by atoms with Gasteiger partial charge in [-0.1, -0.05) is 18.2 Å². The lowest BCUT2D eigenvalue weighted by molar-refractivity contribution is -0.142. The summed E-state index contributed by atoms with van der Waals surface area (Å²) in [5, 5.41) is 11.2. The van der Waals surface area contributed by atoms with Gasteiger partial charge in [-0.2, -0.15) is 0 Å². The molecule has 0 aliphatic carbocycles. The van der Waals surface area contributed by atoms with Crippen LogP contribution in [0.2, 0.25) is 0 Å². The van der Waals surface area contributed by atoms with Crippen LogP contribution in [0.15, 0.2) is 41.2 Å². The Morgan fingerprint density at radius 2 is 2.12 bits per heavy atom. The van der Waals surface area contributed by atoms with Crippen LogP contribution in [0.1, 0.15) is 18.1 Å². The minimum Gasteiger partial charge on any atom is -0.507 e. The van der Waals surface area contributed by atoms with Crippen LogP contribution in [0, 0.1) is 0 Å². The third-order valence-corrected chi connectivity index (χ3v) is 4.17. The van der Waals surface area contributed by atoms with Gasteiger partial charge in [-0.25, -0.2) is 4.98 Å². The monoisotopic (exact) mass is 322 g/mol. The number of aromatic nitrogens is 2. The van der Waals surface area contributed by atoms with E-state index in [4.69, 9.17) is 4.74 Å². The number of fused-ring (bicyclic) bond motifs is 4. The quantitative estimate of drug-likeness (QED) is 0.572. The first-order valence-corrected chi connectivity index (χ1v) is 7.52. The molecule has 4 rings (SSSR count). The summed E-state index contributed by atoms with van der Waals surface area (Å²) in [5.41, 5.74) is 2.74. The Morgan fingerprint density at radius 1 is 1.33 bits per heavy atom. The van der Waals surface area contributed by atoms with Crippen LogP contribution in [-0.2, 0) is 22.7 Å². The first kappa shape index (κ1) is 14.4. The fourth-order valence-corrected chi connectivity index (χ4v) is 3.01. The molecule has 0 bridgehead atoms. The molecule has 0 amide bonds. The first-order valence-electron chi connectivity index (χ1n) is 7.52. The lowest BCUT2D eigenvalue weighted by Gasteiger charge is -2.09. The Morgan fingerprint density at radius 3 is 2.92 bits per heavy atom. The van der Waals surface area contributed by atoms with Crippen LogP contribution in [0.4, 0.5) is 0 Å². The van der Waals surface area contributed by atoms with Crippen LogP contribution < -0.4 is 5.56 Å². The van der Waals surface area contributed by atoms with E-state index in [0.29, 0.717) is 17.9 Å². The van der Waals surface area contributed by atoms with Gasteiger partial charge in [-0.15, -0.1) is 0 Å². The average Bonchev–Trinajstić information content (AvgIpc) is 2.90. The van der Waals surface area contributed by atoms with Gasteiger partial charge in [0.15, 0.2) is 0 Å². The molecule has 1 aromatic carbocycles. The van der Waals surface area contributed by atoms with Gasteiger partial charge in [-0.3, -0.25) is 9.59 Å². The number of ether oxygens (including phenoxy) is 1. The maximum Gasteiger partial charge on any atom is 0.302 e. The van der Waals surface area contributed by atoms with E-state index in [2.05, 4.69) is 4.98 Å². The minimum atomic E-state index is -0.504. The Hall–Kier alpha value is -3.15. The SMILES string of the molecule is CC(=O)OCc1c(O)cc2n(c1=O)Cc1cc3ccccc3nc1-2. The van der Waals surface area contributed by atoms with Gasteiger partial charge >= 0.3 is 5.97 Å². The maximum absolute atomic E-state index is 12.6. The van der Waals surface area contributed by atoms with Gasteiger partial charge in [0, 0.05) is 23.9 Å². The highest BCUT2D eigenvalue weighted by atomic mass is 16.5. The zero-order valence-electron chi connectivity index (χ0n) is 12.9. The molecule has 6 nitrogen and oxygen atoms in total. The van der Waals surface area contributed by atoms with E-state index < -0.39 is 5.97 Å². The van der Waals surface area contributed by atoms with Crippen molar-refractivity contribution in [3.05, 3.63) is 57.9 Å². The van der Waals surface area contributed by atoms with Crippen LogP contribution >= 0.6 is 0 Å². The lowest BCUT2D eigenvalue weighted by atomic mass is 10.1. The molecule has 0 unspecified atom stereocenters. The number of carbonyl (C=O) groups is 1. The lowest BCUT2D eigenvalue weighted by Crippen LogP contribution is -2.23. The summed E-state index contributed by atoms with van der Waals surface area (Å²) in [6, 6.07) is 11.2. The smallest absolute Gasteiger partial charge is 0.302 e. The fraction of sp³-hybridized carbons (Fsp3) is 0.167. The number of rotatable bonds is 2. The van der Waals surface area contributed by atoms with Crippen molar-refractivity contribution in [1.82, 2.24) is 9.55 Å². The van der Waals surface area contributed by atoms with Gasteiger partial charge in [0.2, 0.25) is 0 Å². The number of carbonyl (C=O) groups excluding carboxylic acids is 1. The summed E-state index contributed by atoms with van der Waals surface area (Å²) in [7, 11) is 0. The zero-order valence-corrected chi connectivity index (χ0v) is 12.9. The van der Waals surface area contributed by atoms with Gasteiger partial charge in [0.1, 0.15) is 12.4 Å². The van der Waals surface area contributed by atoms with Crippen LogP contribution in [0.25, 0.3) is 22.3 Å². The van der Waals surface area contributed by atoms with E-state index in [1.54, 1.807) is 4.57 Å². The molecule has 3 aromatic rings. The molecule has 1 N–H and O–H groups in total. The topological polar surface area (TPSA) is 81.4 Å². The Labute approximate surface area is 137 Å². The predicted molar refractivity (Wildman–Crippen MR) is 87.7 cm³/mol. The molecule has 3 heterocycles. The van der Waals surface area contributed by atoms with Crippen LogP contribution in [0.5, 0.6) is 5.75 Å². The van der Waals surface area contributed by atoms with E-state index in [0.717, 1.165) is 16.5 Å². The van der Waals surface area contributed by atoms with Gasteiger partial charge in [-0.05, 0) is 12.1 Å². The molecule has 0 atom stereocenters. The molecule has 0 fully saturated rings. The van der Waals surface area contributed by atoms with Crippen molar-refractivity contribution >= 4 is 16.9 Å². The Kier molecular flexibility index (Phi) is 3.13. The average molecular weight is 322 g/mol. The standard InChI is InChI=1S/C18H14N2O4/c1-10(21)24-9-13-16(22)7-15-17-12(8-20(15)18(13)23)6-11-4-2-3-5-14(11)19-17/h2-7,22H,8-9H2,1H3. The minimum absolute atomic E-state index is 0.0753. The first-order chi connectivity index (χ1) is 11.5. The number of para-hydroxylation sites is 1. The van der Waals surface area contributed by atoms with Crippen LogP contribution in [0.3, 0.4) is 0 Å². The molecule has 0 spiro atoms. The highest BCUT2D eigenvalue weighted by Crippen LogP contribution is 2.33. The summed E-state index contributed by atoms with van der Waals surface area (Å²) in [6.07, 6.45) is 0. The van der Waals surface area contributed by atoms with E-state index in [9.17, 15) is 14.7 Å². The van der Waals surface area contributed by atoms with Gasteiger partial charge in [0.05, 0.1) is 29.0 Å². The number of aromatic hydroxyl groups is 1. The molecule has 120 valence electrons. The van der Waals surface area contributed by atoms with Gasteiger partial charge in [0.25, 0.3) is 5.56 Å². The molecule has 1 aliphatic rings. The van der Waals surface area contributed by atoms with Crippen molar-refractivity contribution in [3.8, 4) is 17.1 Å². The second kappa shape index (κ2) is 5.19. The van der Waals surface area contributed by atoms with E-state index in [1.165, 1.54) is 13.0 Å². The summed E-state index contributed by atoms with van der Waals surface area (Å²) in [6.45, 7) is 1.40. The Bertz CT molecular complexity index is 1050. The molecule has 6 heteroatoms. The molecule has 0 saturated carbocycles. The summed E-state index contributed by atoms with van der Waals surface area (Å²) in [5.74, 6) is -0.689. The summed E-state index contributed by atoms with van der Waals surface area (Å²) in [4.78, 5) is 28.2. The van der Waals surface area contributed by atoms with Crippen molar-refractivity contribution in [3.63, 3.8) is 0 Å². The van der Waals surface area contributed by atoms with Crippen molar-refractivity contribution in [1.29, 1.82) is 0 Å².